The summed E-state index contributed by atoms with van der Waals surface area (Å²) in [6.45, 7) is 6.08. The molecule has 1 aromatic rings. The molecule has 1 aromatic heterocycles. The van der Waals surface area contributed by atoms with Crippen LogP contribution in [-0.4, -0.2) is 43.0 Å². The molecule has 1 fully saturated rings. The SMILES string of the molecule is CC1CCN(C(=O)c2sc(N(C)C)nc2N)CC1C. The van der Waals surface area contributed by atoms with Crippen LogP contribution in [0.5, 0.6) is 0 Å². The van der Waals surface area contributed by atoms with Crippen LogP contribution in [0.3, 0.4) is 0 Å². The topological polar surface area (TPSA) is 62.5 Å². The van der Waals surface area contributed by atoms with E-state index in [1.807, 2.05) is 23.9 Å². The number of thiazole rings is 1. The van der Waals surface area contributed by atoms with Gasteiger partial charge in [0.1, 0.15) is 10.7 Å². The summed E-state index contributed by atoms with van der Waals surface area (Å²) in [5.74, 6) is 1.60. The zero-order chi connectivity index (χ0) is 14.2. The highest BCUT2D eigenvalue weighted by Gasteiger charge is 2.29. The van der Waals surface area contributed by atoms with E-state index in [-0.39, 0.29) is 5.91 Å². The molecule has 2 heterocycles. The number of carbonyl (C=O) groups excluding carboxylic acids is 1. The van der Waals surface area contributed by atoms with Gasteiger partial charge in [-0.1, -0.05) is 25.2 Å². The summed E-state index contributed by atoms with van der Waals surface area (Å²) in [6.07, 6.45) is 1.06. The monoisotopic (exact) mass is 282 g/mol. The summed E-state index contributed by atoms with van der Waals surface area (Å²) in [6, 6.07) is 0. The number of nitrogens with zero attached hydrogens (tertiary/aromatic N) is 3. The first-order chi connectivity index (χ1) is 8.90. The molecule has 2 rings (SSSR count). The van der Waals surface area contributed by atoms with Crippen molar-refractivity contribution in [3.63, 3.8) is 0 Å². The van der Waals surface area contributed by atoms with Crippen molar-refractivity contribution in [1.82, 2.24) is 9.88 Å². The number of likely N-dealkylation sites (tertiary alicyclic amines) is 1. The van der Waals surface area contributed by atoms with Gasteiger partial charge in [0.15, 0.2) is 5.13 Å². The largest absolute Gasteiger partial charge is 0.382 e. The summed E-state index contributed by atoms with van der Waals surface area (Å²) >= 11 is 1.37. The van der Waals surface area contributed by atoms with E-state index >= 15 is 0 Å². The van der Waals surface area contributed by atoms with Crippen LogP contribution in [0.4, 0.5) is 10.9 Å². The quantitative estimate of drug-likeness (QED) is 0.900. The van der Waals surface area contributed by atoms with Gasteiger partial charge in [-0.2, -0.15) is 0 Å². The molecule has 0 spiro atoms. The molecule has 106 valence electrons. The van der Waals surface area contributed by atoms with E-state index in [1.165, 1.54) is 11.3 Å². The fraction of sp³-hybridized carbons (Fsp3) is 0.692. The lowest BCUT2D eigenvalue weighted by atomic mass is 9.88. The molecule has 1 aliphatic rings. The lowest BCUT2D eigenvalue weighted by Crippen LogP contribution is -2.42. The van der Waals surface area contributed by atoms with E-state index in [0.717, 1.165) is 24.6 Å². The van der Waals surface area contributed by atoms with Crippen molar-refractivity contribution in [2.75, 3.05) is 37.8 Å². The third kappa shape index (κ3) is 2.83. The molecule has 2 unspecified atom stereocenters. The van der Waals surface area contributed by atoms with Gasteiger partial charge < -0.3 is 15.5 Å². The van der Waals surface area contributed by atoms with E-state index in [9.17, 15) is 4.79 Å². The molecule has 19 heavy (non-hydrogen) atoms. The molecule has 1 aliphatic heterocycles. The molecule has 0 aliphatic carbocycles. The number of hydrogen-bond donors (Lipinski definition) is 1. The molecule has 1 saturated heterocycles. The molecule has 0 aromatic carbocycles. The number of anilines is 2. The van der Waals surface area contributed by atoms with Crippen LogP contribution in [0.15, 0.2) is 0 Å². The predicted molar refractivity (Wildman–Crippen MR) is 79.7 cm³/mol. The van der Waals surface area contributed by atoms with Crippen molar-refractivity contribution in [1.29, 1.82) is 0 Å². The van der Waals surface area contributed by atoms with E-state index in [2.05, 4.69) is 18.8 Å². The Labute approximate surface area is 118 Å². The molecular weight excluding hydrogens is 260 g/mol. The Hall–Kier alpha value is -1.30. The highest BCUT2D eigenvalue weighted by Crippen LogP contribution is 2.30. The number of amides is 1. The number of nitrogens with two attached hydrogens (primary N) is 1. The van der Waals surface area contributed by atoms with Gasteiger partial charge >= 0.3 is 0 Å². The second kappa shape index (κ2) is 5.36. The zero-order valence-electron chi connectivity index (χ0n) is 12.0. The number of aromatic nitrogens is 1. The van der Waals surface area contributed by atoms with Crippen LogP contribution in [0.1, 0.15) is 29.9 Å². The maximum absolute atomic E-state index is 12.5. The minimum atomic E-state index is 0.0295. The molecule has 0 radical (unpaired) electrons. The van der Waals surface area contributed by atoms with Crippen molar-refractivity contribution in [2.45, 2.75) is 20.3 Å². The molecule has 6 heteroatoms. The standard InChI is InChI=1S/C13H22N4OS/c1-8-5-6-17(7-9(8)2)12(18)10-11(14)15-13(19-10)16(3)4/h8-9H,5-7,14H2,1-4H3. The van der Waals surface area contributed by atoms with Crippen LogP contribution in [-0.2, 0) is 0 Å². The summed E-state index contributed by atoms with van der Waals surface area (Å²) in [5, 5.41) is 0.777. The number of carbonyl (C=O) groups is 1. The number of nitrogen functional groups attached to an aromatic ring is 1. The predicted octanol–water partition coefficient (Wildman–Crippen LogP) is 1.91. The Morgan fingerprint density at radius 2 is 2.11 bits per heavy atom. The molecule has 2 N–H and O–H groups in total. The van der Waals surface area contributed by atoms with Gasteiger partial charge in [0.05, 0.1) is 0 Å². The van der Waals surface area contributed by atoms with Gasteiger partial charge in [0, 0.05) is 27.2 Å². The minimum absolute atomic E-state index is 0.0295. The Morgan fingerprint density at radius 3 is 2.63 bits per heavy atom. The number of rotatable bonds is 2. The first-order valence-corrected chi connectivity index (χ1v) is 7.44. The van der Waals surface area contributed by atoms with Gasteiger partial charge in [-0.15, -0.1) is 0 Å². The van der Waals surface area contributed by atoms with E-state index in [0.29, 0.717) is 22.5 Å². The van der Waals surface area contributed by atoms with Gasteiger partial charge in [-0.05, 0) is 18.3 Å². The van der Waals surface area contributed by atoms with Gasteiger partial charge in [-0.25, -0.2) is 4.98 Å². The zero-order valence-corrected chi connectivity index (χ0v) is 12.8. The van der Waals surface area contributed by atoms with Crippen LogP contribution < -0.4 is 10.6 Å². The molecule has 2 atom stereocenters. The lowest BCUT2D eigenvalue weighted by molar-refractivity contribution is 0.0633. The Kier molecular flexibility index (Phi) is 3.99. The fourth-order valence-corrected chi connectivity index (χ4v) is 3.13. The maximum atomic E-state index is 12.5. The normalized spacial score (nSPS) is 23.5. The van der Waals surface area contributed by atoms with Crippen LogP contribution in [0.2, 0.25) is 0 Å². The van der Waals surface area contributed by atoms with Gasteiger partial charge in [0.25, 0.3) is 5.91 Å². The molecule has 1 amide bonds. The molecule has 0 bridgehead atoms. The Morgan fingerprint density at radius 1 is 1.42 bits per heavy atom. The highest BCUT2D eigenvalue weighted by atomic mass is 32.1. The third-order valence-electron chi connectivity index (χ3n) is 3.84. The highest BCUT2D eigenvalue weighted by molar-refractivity contribution is 7.18. The van der Waals surface area contributed by atoms with Crippen LogP contribution in [0, 0.1) is 11.8 Å². The van der Waals surface area contributed by atoms with E-state index in [4.69, 9.17) is 5.73 Å². The second-order valence-corrected chi connectivity index (χ2v) is 6.58. The molecular formula is C13H22N4OS. The minimum Gasteiger partial charge on any atom is -0.382 e. The average molecular weight is 282 g/mol. The Balaban J connectivity index is 2.16. The summed E-state index contributed by atoms with van der Waals surface area (Å²) in [4.78, 5) is 21.1. The average Bonchev–Trinajstić information content (AvgIpc) is 2.74. The van der Waals surface area contributed by atoms with E-state index in [1.54, 1.807) is 0 Å². The summed E-state index contributed by atoms with van der Waals surface area (Å²) in [7, 11) is 3.80. The van der Waals surface area contributed by atoms with Gasteiger partial charge in [0.2, 0.25) is 0 Å². The first kappa shape index (κ1) is 14.1. The smallest absolute Gasteiger partial charge is 0.267 e. The summed E-state index contributed by atoms with van der Waals surface area (Å²) < 4.78 is 0. The number of piperidine rings is 1. The first-order valence-electron chi connectivity index (χ1n) is 6.63. The van der Waals surface area contributed by atoms with Crippen molar-refractivity contribution in [3.05, 3.63) is 4.88 Å². The molecule has 0 saturated carbocycles. The molecule has 5 nitrogen and oxygen atoms in total. The summed E-state index contributed by atoms with van der Waals surface area (Å²) in [5.41, 5.74) is 5.87. The van der Waals surface area contributed by atoms with E-state index < -0.39 is 0 Å². The second-order valence-electron chi connectivity index (χ2n) is 5.60. The van der Waals surface area contributed by atoms with Crippen LogP contribution >= 0.6 is 11.3 Å². The fourth-order valence-electron chi connectivity index (χ4n) is 2.26. The van der Waals surface area contributed by atoms with Crippen molar-refractivity contribution < 1.29 is 4.79 Å². The van der Waals surface area contributed by atoms with Crippen molar-refractivity contribution in [2.24, 2.45) is 11.8 Å². The maximum Gasteiger partial charge on any atom is 0.267 e. The van der Waals surface area contributed by atoms with Crippen molar-refractivity contribution in [3.8, 4) is 0 Å². The number of hydrogen-bond acceptors (Lipinski definition) is 5. The van der Waals surface area contributed by atoms with Crippen molar-refractivity contribution >= 4 is 28.2 Å². The van der Waals surface area contributed by atoms with Crippen LogP contribution in [0.25, 0.3) is 0 Å². The Bertz CT molecular complexity index is 471. The third-order valence-corrected chi connectivity index (χ3v) is 5.07. The lowest BCUT2D eigenvalue weighted by Gasteiger charge is -2.35. The van der Waals surface area contributed by atoms with Gasteiger partial charge in [-0.3, -0.25) is 4.79 Å².